The van der Waals surface area contributed by atoms with Gasteiger partial charge in [-0.1, -0.05) is 17.7 Å². The monoisotopic (exact) mass is 527 g/mol. The molecule has 1 aliphatic rings. The van der Waals surface area contributed by atoms with Gasteiger partial charge in [-0.05, 0) is 39.8 Å². The summed E-state index contributed by atoms with van der Waals surface area (Å²) < 4.78 is 11.1. The van der Waals surface area contributed by atoms with Crippen molar-refractivity contribution in [1.82, 2.24) is 20.5 Å². The lowest BCUT2D eigenvalue weighted by Crippen LogP contribution is -2.56. The molecule has 1 aliphatic heterocycles. The number of aromatic nitrogens is 1. The number of guanidine groups is 1. The molecule has 0 aliphatic carbocycles. The Morgan fingerprint density at radius 2 is 1.87 bits per heavy atom. The van der Waals surface area contributed by atoms with Gasteiger partial charge in [0.05, 0.1) is 19.8 Å². The molecule has 2 N–H and O–H groups in total. The van der Waals surface area contributed by atoms with Crippen LogP contribution in [0.25, 0.3) is 11.5 Å². The van der Waals surface area contributed by atoms with E-state index >= 15 is 0 Å². The minimum Gasteiger partial charge on any atom is -0.444 e. The molecule has 0 amide bonds. The molecule has 2 aromatic rings. The SMILES string of the molecule is CCNC(=NCc1coc(-c2ccc(C)cc2)n1)NCC(C)(C)N1CCOCC1.I. The molecule has 3 rings (SSSR count). The fourth-order valence-corrected chi connectivity index (χ4v) is 3.29. The van der Waals surface area contributed by atoms with Gasteiger partial charge in [-0.25, -0.2) is 9.98 Å². The van der Waals surface area contributed by atoms with E-state index < -0.39 is 0 Å². The van der Waals surface area contributed by atoms with E-state index in [1.54, 1.807) is 6.26 Å². The van der Waals surface area contributed by atoms with Crippen LogP contribution < -0.4 is 10.6 Å². The second-order valence-electron chi connectivity index (χ2n) is 7.97. The molecule has 0 saturated carbocycles. The Balaban J connectivity index is 0.00000320. The van der Waals surface area contributed by atoms with Crippen LogP contribution in [-0.4, -0.2) is 60.8 Å². The van der Waals surface area contributed by atoms with Crippen LogP contribution in [0.2, 0.25) is 0 Å². The van der Waals surface area contributed by atoms with Gasteiger partial charge >= 0.3 is 0 Å². The van der Waals surface area contributed by atoms with Crippen LogP contribution >= 0.6 is 24.0 Å². The fraction of sp³-hybridized carbons (Fsp3) is 0.545. The number of hydrogen-bond donors (Lipinski definition) is 2. The molecule has 0 bridgehead atoms. The van der Waals surface area contributed by atoms with Crippen molar-refractivity contribution in [2.75, 3.05) is 39.4 Å². The predicted molar refractivity (Wildman–Crippen MR) is 131 cm³/mol. The molecule has 30 heavy (non-hydrogen) atoms. The van der Waals surface area contributed by atoms with Crippen LogP contribution in [0.4, 0.5) is 0 Å². The summed E-state index contributed by atoms with van der Waals surface area (Å²) in [6.45, 7) is 14.2. The van der Waals surface area contributed by atoms with E-state index in [2.05, 4.69) is 65.3 Å². The molecule has 0 spiro atoms. The Morgan fingerprint density at radius 3 is 2.53 bits per heavy atom. The molecule has 1 aromatic carbocycles. The molecule has 166 valence electrons. The van der Waals surface area contributed by atoms with E-state index in [4.69, 9.17) is 9.15 Å². The number of rotatable bonds is 7. The summed E-state index contributed by atoms with van der Waals surface area (Å²) >= 11 is 0. The topological polar surface area (TPSA) is 74.9 Å². The van der Waals surface area contributed by atoms with Crippen LogP contribution in [0.1, 0.15) is 32.0 Å². The first kappa shape index (κ1) is 24.6. The first-order valence-electron chi connectivity index (χ1n) is 10.3. The number of hydrogen-bond acceptors (Lipinski definition) is 5. The van der Waals surface area contributed by atoms with Crippen molar-refractivity contribution in [2.24, 2.45) is 4.99 Å². The Labute approximate surface area is 196 Å². The van der Waals surface area contributed by atoms with Gasteiger partial charge in [0.2, 0.25) is 5.89 Å². The number of nitrogens with one attached hydrogen (secondary N) is 2. The van der Waals surface area contributed by atoms with E-state index in [-0.39, 0.29) is 29.5 Å². The average Bonchev–Trinajstić information content (AvgIpc) is 3.20. The third-order valence-corrected chi connectivity index (χ3v) is 5.15. The highest BCUT2D eigenvalue weighted by Crippen LogP contribution is 2.19. The molecule has 0 unspecified atom stereocenters. The molecule has 7 nitrogen and oxygen atoms in total. The van der Waals surface area contributed by atoms with Crippen molar-refractivity contribution < 1.29 is 9.15 Å². The number of morpholine rings is 1. The maximum Gasteiger partial charge on any atom is 0.226 e. The maximum absolute atomic E-state index is 5.64. The van der Waals surface area contributed by atoms with Gasteiger partial charge in [0.15, 0.2) is 5.96 Å². The predicted octanol–water partition coefficient (Wildman–Crippen LogP) is 3.43. The average molecular weight is 527 g/mol. The second kappa shape index (κ2) is 11.7. The number of ether oxygens (including phenoxy) is 1. The van der Waals surface area contributed by atoms with Crippen molar-refractivity contribution >= 4 is 29.9 Å². The highest BCUT2D eigenvalue weighted by molar-refractivity contribution is 14.0. The third-order valence-electron chi connectivity index (χ3n) is 5.15. The number of nitrogens with zero attached hydrogens (tertiary/aromatic N) is 3. The Hall–Kier alpha value is -1.65. The van der Waals surface area contributed by atoms with E-state index in [9.17, 15) is 0 Å². The van der Waals surface area contributed by atoms with E-state index in [1.165, 1.54) is 5.56 Å². The molecule has 2 heterocycles. The number of oxazole rings is 1. The zero-order valence-electron chi connectivity index (χ0n) is 18.4. The molecular weight excluding hydrogens is 493 g/mol. The largest absolute Gasteiger partial charge is 0.444 e. The van der Waals surface area contributed by atoms with Crippen LogP contribution in [-0.2, 0) is 11.3 Å². The van der Waals surface area contributed by atoms with Crippen LogP contribution in [0.3, 0.4) is 0 Å². The van der Waals surface area contributed by atoms with Gasteiger partial charge in [0.25, 0.3) is 0 Å². The lowest BCUT2D eigenvalue weighted by atomic mass is 10.0. The summed E-state index contributed by atoms with van der Waals surface area (Å²) in [7, 11) is 0. The normalized spacial score (nSPS) is 15.5. The molecular formula is C22H34IN5O2. The summed E-state index contributed by atoms with van der Waals surface area (Å²) in [5, 5.41) is 6.78. The fourth-order valence-electron chi connectivity index (χ4n) is 3.29. The highest BCUT2D eigenvalue weighted by atomic mass is 127. The lowest BCUT2D eigenvalue weighted by molar-refractivity contribution is -0.00834. The van der Waals surface area contributed by atoms with E-state index in [0.717, 1.165) is 56.6 Å². The maximum atomic E-state index is 5.64. The van der Waals surface area contributed by atoms with Crippen molar-refractivity contribution in [3.63, 3.8) is 0 Å². The van der Waals surface area contributed by atoms with Crippen LogP contribution in [0, 0.1) is 6.92 Å². The van der Waals surface area contributed by atoms with Crippen molar-refractivity contribution in [2.45, 2.75) is 39.8 Å². The quantitative estimate of drug-likeness (QED) is 0.327. The van der Waals surface area contributed by atoms with E-state index in [1.807, 2.05) is 12.1 Å². The first-order chi connectivity index (χ1) is 14.0. The number of aliphatic imine (C=N–C) groups is 1. The van der Waals surface area contributed by atoms with Crippen molar-refractivity contribution in [3.05, 3.63) is 41.8 Å². The first-order valence-corrected chi connectivity index (χ1v) is 10.3. The minimum absolute atomic E-state index is 0. The summed E-state index contributed by atoms with van der Waals surface area (Å²) in [5.41, 5.74) is 3.02. The zero-order chi connectivity index (χ0) is 20.7. The Bertz CT molecular complexity index is 798. The highest BCUT2D eigenvalue weighted by Gasteiger charge is 2.28. The zero-order valence-corrected chi connectivity index (χ0v) is 20.7. The van der Waals surface area contributed by atoms with E-state index in [0.29, 0.717) is 12.4 Å². The summed E-state index contributed by atoms with van der Waals surface area (Å²) in [6.07, 6.45) is 1.68. The third kappa shape index (κ3) is 6.95. The minimum atomic E-state index is 0. The second-order valence-corrected chi connectivity index (χ2v) is 7.97. The number of aryl methyl sites for hydroxylation is 1. The number of halogens is 1. The smallest absolute Gasteiger partial charge is 0.226 e. The molecule has 1 aromatic heterocycles. The summed E-state index contributed by atoms with van der Waals surface area (Å²) in [5.74, 6) is 1.41. The van der Waals surface area contributed by atoms with Crippen LogP contribution in [0.15, 0.2) is 39.9 Å². The Morgan fingerprint density at radius 1 is 1.17 bits per heavy atom. The van der Waals surface area contributed by atoms with Crippen molar-refractivity contribution in [3.8, 4) is 11.5 Å². The molecule has 8 heteroatoms. The number of benzene rings is 1. The molecule has 1 saturated heterocycles. The summed E-state index contributed by atoms with van der Waals surface area (Å²) in [4.78, 5) is 11.7. The lowest BCUT2D eigenvalue weighted by Gasteiger charge is -2.41. The standard InChI is InChI=1S/C22H33N5O2.HI/c1-5-23-21(25-16-22(3,4)27-10-12-28-13-11-27)24-14-19-15-29-20(26-19)18-8-6-17(2)7-9-18;/h6-9,15H,5,10-14,16H2,1-4H3,(H2,23,24,25);1H. The Kier molecular flexibility index (Phi) is 9.57. The molecule has 1 fully saturated rings. The summed E-state index contributed by atoms with van der Waals surface area (Å²) in [6, 6.07) is 8.16. The molecule has 0 radical (unpaired) electrons. The molecule has 0 atom stereocenters. The van der Waals surface area contributed by atoms with Gasteiger partial charge in [-0.2, -0.15) is 0 Å². The van der Waals surface area contributed by atoms with Crippen LogP contribution in [0.5, 0.6) is 0 Å². The van der Waals surface area contributed by atoms with Gasteiger partial charge in [-0.3, -0.25) is 4.90 Å². The van der Waals surface area contributed by atoms with Gasteiger partial charge < -0.3 is 19.8 Å². The van der Waals surface area contributed by atoms with Gasteiger partial charge in [0.1, 0.15) is 12.0 Å². The van der Waals surface area contributed by atoms with Crippen molar-refractivity contribution in [1.29, 1.82) is 0 Å². The van der Waals surface area contributed by atoms with Gasteiger partial charge in [-0.15, -0.1) is 24.0 Å². The van der Waals surface area contributed by atoms with Gasteiger partial charge in [0, 0.05) is 37.3 Å².